The van der Waals surface area contributed by atoms with Crippen molar-refractivity contribution in [3.8, 4) is 28.7 Å². The maximum Gasteiger partial charge on any atom is 0.260 e. The molecule has 5 aromatic carbocycles. The number of fused-ring (bicyclic) bond motifs is 7. The Labute approximate surface area is 247 Å². The average Bonchev–Trinajstić information content (AvgIpc) is 3.30. The lowest BCUT2D eigenvalue weighted by atomic mass is 9.34. The Balaban J connectivity index is 1.41. The van der Waals surface area contributed by atoms with E-state index in [9.17, 15) is 0 Å². The Hall–Kier alpha value is -4.44. The molecule has 0 fully saturated rings. The van der Waals surface area contributed by atoms with Crippen molar-refractivity contribution in [3.05, 3.63) is 108 Å². The minimum absolute atomic E-state index is 0.0271. The fourth-order valence-corrected chi connectivity index (χ4v) is 6.75. The van der Waals surface area contributed by atoms with Crippen molar-refractivity contribution in [2.45, 2.75) is 52.4 Å². The monoisotopic (exact) mass is 547 g/mol. The lowest BCUT2D eigenvalue weighted by Crippen LogP contribution is -2.57. The molecule has 0 radical (unpaired) electrons. The van der Waals surface area contributed by atoms with Crippen LogP contribution >= 0.6 is 0 Å². The van der Waals surface area contributed by atoms with Gasteiger partial charge in [0.25, 0.3) is 6.71 Å². The van der Waals surface area contributed by atoms with Crippen LogP contribution in [0, 0.1) is 0 Å². The number of rotatable bonds is 1. The van der Waals surface area contributed by atoms with Crippen LogP contribution in [0.25, 0.3) is 27.5 Å². The summed E-state index contributed by atoms with van der Waals surface area (Å²) in [6.07, 6.45) is 0. The number of aromatic nitrogens is 1. The SMILES string of the molecule is CC(C)(C)c1ccc2c(c1)B1c3cc(C(C)(C)C)ccc3Oc3cc(-n4c5ccccc5c5ccccc54)cc(c31)O2. The van der Waals surface area contributed by atoms with Crippen molar-refractivity contribution in [1.29, 1.82) is 0 Å². The van der Waals surface area contributed by atoms with Crippen molar-refractivity contribution in [2.24, 2.45) is 0 Å². The summed E-state index contributed by atoms with van der Waals surface area (Å²) in [7, 11) is 0. The van der Waals surface area contributed by atoms with Gasteiger partial charge in [-0.3, -0.25) is 0 Å². The number of hydrogen-bond acceptors (Lipinski definition) is 2. The van der Waals surface area contributed by atoms with Crippen LogP contribution in [0.2, 0.25) is 0 Å². The molecule has 2 aliphatic rings. The van der Waals surface area contributed by atoms with Crippen molar-refractivity contribution >= 4 is 44.9 Å². The van der Waals surface area contributed by atoms with Crippen LogP contribution in [-0.2, 0) is 10.8 Å². The number of hydrogen-bond donors (Lipinski definition) is 0. The zero-order chi connectivity index (χ0) is 29.0. The van der Waals surface area contributed by atoms with E-state index in [0.717, 1.165) is 34.1 Å². The Morgan fingerprint density at radius 3 is 1.43 bits per heavy atom. The molecule has 0 unspecified atom stereocenters. The molecule has 0 aliphatic carbocycles. The smallest absolute Gasteiger partial charge is 0.260 e. The second-order valence-electron chi connectivity index (χ2n) is 13.9. The summed E-state index contributed by atoms with van der Waals surface area (Å²) in [6.45, 7) is 13.6. The van der Waals surface area contributed by atoms with Crippen LogP contribution in [0.15, 0.2) is 97.1 Å². The Morgan fingerprint density at radius 1 is 0.524 bits per heavy atom. The first kappa shape index (κ1) is 25.3. The zero-order valence-electron chi connectivity index (χ0n) is 25.1. The molecule has 3 nitrogen and oxygen atoms in total. The van der Waals surface area contributed by atoms with Gasteiger partial charge in [0.15, 0.2) is 0 Å². The number of para-hydroxylation sites is 2. The van der Waals surface area contributed by atoms with E-state index in [1.54, 1.807) is 0 Å². The first-order valence-corrected chi connectivity index (χ1v) is 14.9. The molecule has 0 bridgehead atoms. The number of ether oxygens (including phenoxy) is 2. The molecule has 0 N–H and O–H groups in total. The molecule has 2 aliphatic heterocycles. The quantitative estimate of drug-likeness (QED) is 0.194. The third kappa shape index (κ3) is 3.67. The van der Waals surface area contributed by atoms with E-state index in [4.69, 9.17) is 9.47 Å². The van der Waals surface area contributed by atoms with Crippen LogP contribution in [0.1, 0.15) is 52.7 Å². The molecule has 42 heavy (non-hydrogen) atoms. The summed E-state index contributed by atoms with van der Waals surface area (Å²) in [5.41, 5.74) is 9.54. The molecule has 206 valence electrons. The Bertz CT molecular complexity index is 1930. The Morgan fingerprint density at radius 2 is 0.976 bits per heavy atom. The molecule has 0 saturated heterocycles. The van der Waals surface area contributed by atoms with Gasteiger partial charge in [0, 0.05) is 28.4 Å². The highest BCUT2D eigenvalue weighted by Gasteiger charge is 2.41. The van der Waals surface area contributed by atoms with E-state index < -0.39 is 0 Å². The van der Waals surface area contributed by atoms with E-state index in [1.165, 1.54) is 43.9 Å². The van der Waals surface area contributed by atoms with Crippen LogP contribution in [0.5, 0.6) is 23.0 Å². The number of benzene rings is 5. The largest absolute Gasteiger partial charge is 0.458 e. The number of nitrogens with zero attached hydrogens (tertiary/aromatic N) is 1. The molecule has 0 amide bonds. The standard InChI is InChI=1S/C38H34BNO2/c1-37(2,3)23-15-17-32-28(19-23)39-29-20-24(38(4,5)6)16-18-33(29)42-35-22-25(21-34(41-32)36(35)39)40-30-13-9-7-11-26(30)27-12-8-10-14-31(27)40/h7-22H,1-6H3. The highest BCUT2D eigenvalue weighted by Crippen LogP contribution is 2.40. The molecule has 4 heteroatoms. The zero-order valence-corrected chi connectivity index (χ0v) is 25.1. The van der Waals surface area contributed by atoms with Crippen LogP contribution in [0.3, 0.4) is 0 Å². The van der Waals surface area contributed by atoms with Gasteiger partial charge >= 0.3 is 0 Å². The first-order chi connectivity index (χ1) is 20.1. The fraction of sp³-hybridized carbons (Fsp3) is 0.211. The topological polar surface area (TPSA) is 23.4 Å². The van der Waals surface area contributed by atoms with Gasteiger partial charge in [-0.25, -0.2) is 0 Å². The van der Waals surface area contributed by atoms with Gasteiger partial charge in [0.2, 0.25) is 0 Å². The van der Waals surface area contributed by atoms with Crippen LogP contribution in [0.4, 0.5) is 0 Å². The maximum absolute atomic E-state index is 6.77. The van der Waals surface area contributed by atoms with Crippen molar-refractivity contribution < 1.29 is 9.47 Å². The van der Waals surface area contributed by atoms with E-state index in [2.05, 4.69) is 143 Å². The lowest BCUT2D eigenvalue weighted by Gasteiger charge is -2.35. The predicted octanol–water partition coefficient (Wildman–Crippen LogP) is 8.11. The Kier molecular flexibility index (Phi) is 5.15. The molecule has 3 heterocycles. The summed E-state index contributed by atoms with van der Waals surface area (Å²) in [4.78, 5) is 0. The molecule has 0 saturated carbocycles. The molecule has 8 rings (SSSR count). The summed E-state index contributed by atoms with van der Waals surface area (Å²) in [5.74, 6) is 3.55. The predicted molar refractivity (Wildman–Crippen MR) is 176 cm³/mol. The minimum Gasteiger partial charge on any atom is -0.458 e. The van der Waals surface area contributed by atoms with E-state index >= 15 is 0 Å². The highest BCUT2D eigenvalue weighted by molar-refractivity contribution is 6.98. The van der Waals surface area contributed by atoms with Gasteiger partial charge < -0.3 is 14.0 Å². The van der Waals surface area contributed by atoms with E-state index in [-0.39, 0.29) is 17.5 Å². The third-order valence-corrected chi connectivity index (χ3v) is 9.03. The normalized spacial score (nSPS) is 13.8. The second-order valence-corrected chi connectivity index (χ2v) is 13.9. The van der Waals surface area contributed by atoms with Crippen molar-refractivity contribution in [2.75, 3.05) is 0 Å². The van der Waals surface area contributed by atoms with Gasteiger partial charge in [0.1, 0.15) is 23.0 Å². The summed E-state index contributed by atoms with van der Waals surface area (Å²) < 4.78 is 15.9. The maximum atomic E-state index is 6.77. The first-order valence-electron chi connectivity index (χ1n) is 14.9. The molecule has 0 spiro atoms. The molecular weight excluding hydrogens is 513 g/mol. The van der Waals surface area contributed by atoms with E-state index in [0.29, 0.717) is 0 Å². The molecule has 1 aromatic heterocycles. The second kappa shape index (κ2) is 8.55. The van der Waals surface area contributed by atoms with Gasteiger partial charge in [-0.2, -0.15) is 0 Å². The minimum atomic E-state index is 0.0271. The average molecular weight is 548 g/mol. The van der Waals surface area contributed by atoms with Gasteiger partial charge in [0.05, 0.1) is 16.7 Å². The molecular formula is C38H34BNO2. The molecule has 0 atom stereocenters. The van der Waals surface area contributed by atoms with Crippen molar-refractivity contribution in [3.63, 3.8) is 0 Å². The van der Waals surface area contributed by atoms with E-state index in [1.807, 2.05) is 0 Å². The van der Waals surface area contributed by atoms with Crippen molar-refractivity contribution in [1.82, 2.24) is 4.57 Å². The molecule has 6 aromatic rings. The summed E-state index contributed by atoms with van der Waals surface area (Å²) in [6, 6.07) is 35.1. The lowest BCUT2D eigenvalue weighted by molar-refractivity contribution is 0.463. The summed E-state index contributed by atoms with van der Waals surface area (Å²) in [5, 5.41) is 2.47. The van der Waals surface area contributed by atoms with Gasteiger partial charge in [-0.05, 0) is 57.1 Å². The highest BCUT2D eigenvalue weighted by atomic mass is 16.5. The summed E-state index contributed by atoms with van der Waals surface area (Å²) >= 11 is 0. The van der Waals surface area contributed by atoms with Crippen LogP contribution in [-0.4, -0.2) is 11.3 Å². The fourth-order valence-electron chi connectivity index (χ4n) is 6.75. The van der Waals surface area contributed by atoms with Gasteiger partial charge in [-0.15, -0.1) is 0 Å². The third-order valence-electron chi connectivity index (χ3n) is 9.03. The van der Waals surface area contributed by atoms with Crippen LogP contribution < -0.4 is 25.9 Å². The van der Waals surface area contributed by atoms with Gasteiger partial charge in [-0.1, -0.05) is 102 Å².